The summed E-state index contributed by atoms with van der Waals surface area (Å²) < 4.78 is 5.50. The zero-order valence-corrected chi connectivity index (χ0v) is 42.3. The van der Waals surface area contributed by atoms with Crippen LogP contribution in [0.25, 0.3) is 0 Å². The van der Waals surface area contributed by atoms with Gasteiger partial charge < -0.3 is 9.84 Å². The Labute approximate surface area is 389 Å². The van der Waals surface area contributed by atoms with Crippen LogP contribution < -0.4 is 0 Å². The first kappa shape index (κ1) is 60.7. The maximum atomic E-state index is 12.1. The van der Waals surface area contributed by atoms with E-state index < -0.39 is 5.97 Å². The van der Waals surface area contributed by atoms with E-state index in [0.717, 1.165) is 25.7 Å². The summed E-state index contributed by atoms with van der Waals surface area (Å²) in [6.45, 7) is 2.91. The van der Waals surface area contributed by atoms with Crippen LogP contribution >= 0.6 is 0 Å². The Morgan fingerprint density at radius 2 is 0.532 bits per heavy atom. The van der Waals surface area contributed by atoms with E-state index in [4.69, 9.17) is 9.84 Å². The van der Waals surface area contributed by atoms with Gasteiger partial charge in [-0.05, 0) is 44.9 Å². The van der Waals surface area contributed by atoms with Gasteiger partial charge in [0.25, 0.3) is 0 Å². The van der Waals surface area contributed by atoms with Gasteiger partial charge in [-0.25, -0.2) is 0 Å². The molecule has 0 saturated carbocycles. The van der Waals surface area contributed by atoms with Gasteiger partial charge in [0.05, 0.1) is 6.61 Å². The highest BCUT2D eigenvalue weighted by Gasteiger charge is 2.03. The Bertz CT molecular complexity index is 883. The predicted molar refractivity (Wildman–Crippen MR) is 273 cm³/mol. The lowest BCUT2D eigenvalue weighted by Crippen LogP contribution is -2.05. The molecule has 0 amide bonds. The second-order valence-electron chi connectivity index (χ2n) is 19.8. The smallest absolute Gasteiger partial charge is 0.305 e. The van der Waals surface area contributed by atoms with E-state index in [0.29, 0.717) is 19.4 Å². The monoisotopic (exact) mass is 873 g/mol. The Morgan fingerprint density at radius 3 is 0.806 bits per heavy atom. The van der Waals surface area contributed by atoms with Crippen molar-refractivity contribution < 1.29 is 19.4 Å². The molecule has 4 nitrogen and oxygen atoms in total. The summed E-state index contributed by atoms with van der Waals surface area (Å²) in [6.07, 6.45) is 73.3. The van der Waals surface area contributed by atoms with Crippen molar-refractivity contribution in [1.29, 1.82) is 0 Å². The zero-order valence-electron chi connectivity index (χ0n) is 42.3. The van der Waals surface area contributed by atoms with Gasteiger partial charge in [0.2, 0.25) is 0 Å². The van der Waals surface area contributed by atoms with Crippen molar-refractivity contribution in [1.82, 2.24) is 0 Å². The van der Waals surface area contributed by atoms with Gasteiger partial charge in [-0.2, -0.15) is 0 Å². The number of unbranched alkanes of at least 4 members (excludes halogenated alkanes) is 47. The summed E-state index contributed by atoms with van der Waals surface area (Å²) in [7, 11) is 0. The molecule has 0 saturated heterocycles. The summed E-state index contributed by atoms with van der Waals surface area (Å²) in [5.74, 6) is -0.627. The lowest BCUT2D eigenvalue weighted by Gasteiger charge is -2.06. The molecule has 0 aromatic rings. The van der Waals surface area contributed by atoms with E-state index in [1.807, 2.05) is 0 Å². The van der Waals surface area contributed by atoms with Crippen LogP contribution in [0.2, 0.25) is 0 Å². The number of rotatable bonds is 55. The second kappa shape index (κ2) is 55.8. The van der Waals surface area contributed by atoms with Crippen LogP contribution in [0.4, 0.5) is 0 Å². The molecule has 0 unspecified atom stereocenters. The van der Waals surface area contributed by atoms with Gasteiger partial charge >= 0.3 is 11.9 Å². The summed E-state index contributed by atoms with van der Waals surface area (Å²) in [6, 6.07) is 0. The largest absolute Gasteiger partial charge is 0.481 e. The van der Waals surface area contributed by atoms with Crippen molar-refractivity contribution in [2.24, 2.45) is 0 Å². The van der Waals surface area contributed by atoms with Gasteiger partial charge in [-0.1, -0.05) is 295 Å². The number of carboxylic acid groups (broad SMARTS) is 1. The third kappa shape index (κ3) is 56.7. The van der Waals surface area contributed by atoms with Crippen LogP contribution in [-0.2, 0) is 14.3 Å². The van der Waals surface area contributed by atoms with Crippen molar-refractivity contribution in [3.8, 4) is 0 Å². The molecule has 0 fully saturated rings. The highest BCUT2D eigenvalue weighted by Crippen LogP contribution is 2.18. The third-order valence-corrected chi connectivity index (χ3v) is 13.4. The molecule has 0 heterocycles. The topological polar surface area (TPSA) is 63.6 Å². The third-order valence-electron chi connectivity index (χ3n) is 13.4. The van der Waals surface area contributed by atoms with E-state index in [9.17, 15) is 9.59 Å². The second-order valence-corrected chi connectivity index (χ2v) is 19.8. The van der Waals surface area contributed by atoms with E-state index >= 15 is 0 Å². The average molecular weight is 874 g/mol. The molecule has 0 atom stereocenters. The number of ether oxygens (including phenoxy) is 1. The van der Waals surface area contributed by atoms with Crippen molar-refractivity contribution in [3.63, 3.8) is 0 Å². The molecule has 0 radical (unpaired) electrons. The SMILES string of the molecule is CCCCCCCCC=CCCCCCCCCCCCC(=O)OCCCCCCCCCCCCCCCCCCCCCCCCCCCCCCCCCCCC(=O)O. The number of hydrogen-bond acceptors (Lipinski definition) is 3. The van der Waals surface area contributed by atoms with Crippen molar-refractivity contribution in [2.45, 2.75) is 341 Å². The van der Waals surface area contributed by atoms with Crippen LogP contribution in [0.5, 0.6) is 0 Å². The maximum Gasteiger partial charge on any atom is 0.305 e. The van der Waals surface area contributed by atoms with E-state index in [2.05, 4.69) is 19.1 Å². The van der Waals surface area contributed by atoms with Crippen LogP contribution in [0.15, 0.2) is 12.2 Å². The number of carbonyl (C=O) groups is 2. The van der Waals surface area contributed by atoms with E-state index in [1.54, 1.807) is 0 Å². The number of aliphatic carboxylic acids is 1. The molecule has 0 aliphatic carbocycles. The predicted octanol–water partition coefficient (Wildman–Crippen LogP) is 20.5. The lowest BCUT2D eigenvalue weighted by atomic mass is 10.0. The molecular formula is C58H112O4. The number of carbonyl (C=O) groups excluding carboxylic acids is 1. The fourth-order valence-electron chi connectivity index (χ4n) is 9.16. The quantitative estimate of drug-likeness (QED) is 0.0376. The molecule has 4 heteroatoms. The van der Waals surface area contributed by atoms with E-state index in [1.165, 1.54) is 295 Å². The minimum absolute atomic E-state index is 0.0236. The molecule has 0 aliphatic rings. The van der Waals surface area contributed by atoms with Crippen molar-refractivity contribution in [2.75, 3.05) is 6.61 Å². The molecular weight excluding hydrogens is 761 g/mol. The molecule has 0 rings (SSSR count). The highest BCUT2D eigenvalue weighted by molar-refractivity contribution is 5.69. The van der Waals surface area contributed by atoms with Crippen LogP contribution in [0.1, 0.15) is 341 Å². The minimum atomic E-state index is -0.651. The number of esters is 1. The van der Waals surface area contributed by atoms with Crippen molar-refractivity contribution >= 4 is 11.9 Å². The lowest BCUT2D eigenvalue weighted by molar-refractivity contribution is -0.144. The molecule has 0 spiro atoms. The Kier molecular flexibility index (Phi) is 54.6. The molecule has 0 bridgehead atoms. The normalized spacial score (nSPS) is 11.6. The molecule has 0 aliphatic heterocycles. The maximum absolute atomic E-state index is 12.1. The Morgan fingerprint density at radius 1 is 0.306 bits per heavy atom. The first-order valence-corrected chi connectivity index (χ1v) is 28.7. The molecule has 0 aromatic heterocycles. The van der Waals surface area contributed by atoms with E-state index in [-0.39, 0.29) is 5.97 Å². The van der Waals surface area contributed by atoms with Gasteiger partial charge in [-0.15, -0.1) is 0 Å². The fourth-order valence-corrected chi connectivity index (χ4v) is 9.16. The van der Waals surface area contributed by atoms with Gasteiger partial charge in [0.15, 0.2) is 0 Å². The molecule has 0 aromatic carbocycles. The van der Waals surface area contributed by atoms with Crippen LogP contribution in [0, 0.1) is 0 Å². The molecule has 1 N–H and O–H groups in total. The summed E-state index contributed by atoms with van der Waals surface area (Å²) >= 11 is 0. The van der Waals surface area contributed by atoms with Gasteiger partial charge in [0.1, 0.15) is 0 Å². The summed E-state index contributed by atoms with van der Waals surface area (Å²) in [4.78, 5) is 22.6. The number of hydrogen-bond donors (Lipinski definition) is 1. The van der Waals surface area contributed by atoms with Gasteiger partial charge in [-0.3, -0.25) is 9.59 Å². The summed E-state index contributed by atoms with van der Waals surface area (Å²) in [5.41, 5.74) is 0. The first-order valence-electron chi connectivity index (χ1n) is 28.7. The molecule has 62 heavy (non-hydrogen) atoms. The Hall–Kier alpha value is -1.32. The minimum Gasteiger partial charge on any atom is -0.481 e. The van der Waals surface area contributed by atoms with Crippen LogP contribution in [0.3, 0.4) is 0 Å². The number of carboxylic acids is 1. The van der Waals surface area contributed by atoms with Gasteiger partial charge in [0, 0.05) is 12.8 Å². The first-order chi connectivity index (χ1) is 30.7. The Balaban J connectivity index is 3.15. The number of allylic oxidation sites excluding steroid dienone is 2. The standard InChI is InChI=1S/C58H112O4/c1-2-3-4-5-6-7-8-9-10-11-27-31-34-37-40-43-46-49-52-55-58(61)62-56-53-50-47-44-41-38-35-32-29-26-24-22-20-18-16-14-12-13-15-17-19-21-23-25-28-30-33-36-39-42-45-48-51-54-57(59)60/h9-10H,2-8,11-56H2,1H3,(H,59,60). The molecule has 368 valence electrons. The zero-order chi connectivity index (χ0) is 44.8. The summed E-state index contributed by atoms with van der Waals surface area (Å²) in [5, 5.41) is 8.67. The highest BCUT2D eigenvalue weighted by atomic mass is 16.5. The van der Waals surface area contributed by atoms with Crippen LogP contribution in [-0.4, -0.2) is 23.7 Å². The average Bonchev–Trinajstić information content (AvgIpc) is 3.27. The fraction of sp³-hybridized carbons (Fsp3) is 0.931. The van der Waals surface area contributed by atoms with Crippen molar-refractivity contribution in [3.05, 3.63) is 12.2 Å².